The van der Waals surface area contributed by atoms with E-state index in [1.807, 2.05) is 6.92 Å². The second-order valence-electron chi connectivity index (χ2n) is 6.16. The summed E-state index contributed by atoms with van der Waals surface area (Å²) in [7, 11) is 2.16. The summed E-state index contributed by atoms with van der Waals surface area (Å²) in [5.74, 6) is 0.116. The smallest absolute Gasteiger partial charge is 0.237 e. The number of nitrogens with zero attached hydrogens (tertiary/aromatic N) is 1. The Bertz CT molecular complexity index is 256. The fourth-order valence-corrected chi connectivity index (χ4v) is 2.03. The van der Waals surface area contributed by atoms with Crippen molar-refractivity contribution in [2.45, 2.75) is 78.4 Å². The molecule has 0 radical (unpaired) electrons. The van der Waals surface area contributed by atoms with Gasteiger partial charge in [0.25, 0.3) is 0 Å². The van der Waals surface area contributed by atoms with Gasteiger partial charge in [-0.25, -0.2) is 0 Å². The van der Waals surface area contributed by atoms with Gasteiger partial charge in [-0.15, -0.1) is 0 Å². The second kappa shape index (κ2) is 11.1. The molecule has 4 heteroatoms. The molecule has 0 bridgehead atoms. The molecule has 0 aromatic heterocycles. The predicted octanol–water partition coefficient (Wildman–Crippen LogP) is 2.39. The molecular formula is C16H35N3O. The third kappa shape index (κ3) is 9.32. The van der Waals surface area contributed by atoms with Crippen molar-refractivity contribution in [3.63, 3.8) is 0 Å². The zero-order chi connectivity index (χ0) is 15.5. The average molecular weight is 285 g/mol. The number of unbranched alkanes of at least 4 members (excludes halogenated alkanes) is 1. The highest BCUT2D eigenvalue weighted by atomic mass is 16.2. The van der Waals surface area contributed by atoms with Crippen LogP contribution in [0.4, 0.5) is 0 Å². The highest BCUT2D eigenvalue weighted by molar-refractivity contribution is 5.81. The minimum Gasteiger partial charge on any atom is -0.352 e. The van der Waals surface area contributed by atoms with Gasteiger partial charge < -0.3 is 15.5 Å². The molecular weight excluding hydrogens is 250 g/mol. The monoisotopic (exact) mass is 285 g/mol. The Balaban J connectivity index is 3.67. The lowest BCUT2D eigenvalue weighted by molar-refractivity contribution is -0.123. The van der Waals surface area contributed by atoms with Crippen molar-refractivity contribution in [1.29, 1.82) is 0 Å². The second-order valence-corrected chi connectivity index (χ2v) is 6.16. The summed E-state index contributed by atoms with van der Waals surface area (Å²) < 4.78 is 0. The van der Waals surface area contributed by atoms with Gasteiger partial charge in [0.05, 0.1) is 6.04 Å². The van der Waals surface area contributed by atoms with Crippen molar-refractivity contribution in [2.75, 3.05) is 20.1 Å². The van der Waals surface area contributed by atoms with Crippen LogP contribution in [-0.4, -0.2) is 49.1 Å². The zero-order valence-electron chi connectivity index (χ0n) is 14.3. The number of hydrogen-bond donors (Lipinski definition) is 2. The molecule has 0 aliphatic heterocycles. The van der Waals surface area contributed by atoms with E-state index in [-0.39, 0.29) is 18.0 Å². The summed E-state index contributed by atoms with van der Waals surface area (Å²) in [6.45, 7) is 12.6. The molecule has 0 rings (SSSR count). The maximum absolute atomic E-state index is 11.9. The fourth-order valence-electron chi connectivity index (χ4n) is 2.03. The molecule has 2 N–H and O–H groups in total. The average Bonchev–Trinajstić information content (AvgIpc) is 2.37. The van der Waals surface area contributed by atoms with E-state index in [2.05, 4.69) is 50.3 Å². The summed E-state index contributed by atoms with van der Waals surface area (Å²) in [5, 5.41) is 6.35. The molecule has 0 fully saturated rings. The minimum absolute atomic E-state index is 0.0999. The number of rotatable bonds is 11. The van der Waals surface area contributed by atoms with E-state index in [1.165, 1.54) is 6.42 Å². The SMILES string of the molecule is CCCC(C)NC(=O)C(C)NCCCCN(C)C(C)C. The fraction of sp³-hybridized carbons (Fsp3) is 0.938. The van der Waals surface area contributed by atoms with Gasteiger partial charge in [-0.05, 0) is 67.1 Å². The summed E-state index contributed by atoms with van der Waals surface area (Å²) in [4.78, 5) is 14.3. The van der Waals surface area contributed by atoms with Crippen molar-refractivity contribution in [3.8, 4) is 0 Å². The minimum atomic E-state index is -0.0999. The van der Waals surface area contributed by atoms with Gasteiger partial charge in [-0.3, -0.25) is 4.79 Å². The highest BCUT2D eigenvalue weighted by Gasteiger charge is 2.13. The molecule has 0 heterocycles. The van der Waals surface area contributed by atoms with Crippen molar-refractivity contribution < 1.29 is 4.79 Å². The Morgan fingerprint density at radius 3 is 2.35 bits per heavy atom. The van der Waals surface area contributed by atoms with Crippen molar-refractivity contribution in [2.24, 2.45) is 0 Å². The molecule has 0 saturated carbocycles. The predicted molar refractivity (Wildman–Crippen MR) is 87.0 cm³/mol. The number of carbonyl (C=O) groups excluding carboxylic acids is 1. The first-order valence-corrected chi connectivity index (χ1v) is 8.12. The summed E-state index contributed by atoms with van der Waals surface area (Å²) in [6.07, 6.45) is 4.42. The summed E-state index contributed by atoms with van der Waals surface area (Å²) >= 11 is 0. The van der Waals surface area contributed by atoms with Crippen LogP contribution in [0.25, 0.3) is 0 Å². The normalized spacial score (nSPS) is 14.6. The number of nitrogens with one attached hydrogen (secondary N) is 2. The molecule has 20 heavy (non-hydrogen) atoms. The van der Waals surface area contributed by atoms with E-state index in [0.717, 1.165) is 32.4 Å². The van der Waals surface area contributed by atoms with Crippen LogP contribution in [0.1, 0.15) is 60.3 Å². The van der Waals surface area contributed by atoms with Crippen LogP contribution in [0.5, 0.6) is 0 Å². The Kier molecular flexibility index (Phi) is 10.8. The van der Waals surface area contributed by atoms with Crippen LogP contribution in [0.3, 0.4) is 0 Å². The third-order valence-electron chi connectivity index (χ3n) is 3.77. The van der Waals surface area contributed by atoms with E-state index in [1.54, 1.807) is 0 Å². The van der Waals surface area contributed by atoms with Gasteiger partial charge in [-0.2, -0.15) is 0 Å². The maximum Gasteiger partial charge on any atom is 0.237 e. The highest BCUT2D eigenvalue weighted by Crippen LogP contribution is 1.98. The Labute approximate surface area is 125 Å². The standard InChI is InChI=1S/C16H35N3O/c1-7-10-14(4)18-16(20)15(5)17-11-8-9-12-19(6)13(2)3/h13-15,17H,7-12H2,1-6H3,(H,18,20). The van der Waals surface area contributed by atoms with Crippen LogP contribution in [0.15, 0.2) is 0 Å². The number of amides is 1. The molecule has 2 unspecified atom stereocenters. The van der Waals surface area contributed by atoms with Crippen molar-refractivity contribution >= 4 is 5.91 Å². The molecule has 0 aliphatic carbocycles. The van der Waals surface area contributed by atoms with Gasteiger partial charge in [-0.1, -0.05) is 13.3 Å². The molecule has 4 nitrogen and oxygen atoms in total. The van der Waals surface area contributed by atoms with Gasteiger partial charge in [0, 0.05) is 12.1 Å². The van der Waals surface area contributed by atoms with Crippen LogP contribution in [0.2, 0.25) is 0 Å². The van der Waals surface area contributed by atoms with Crippen LogP contribution >= 0.6 is 0 Å². The quantitative estimate of drug-likeness (QED) is 0.573. The molecule has 0 aliphatic rings. The summed E-state index contributed by atoms with van der Waals surface area (Å²) in [5.41, 5.74) is 0. The lowest BCUT2D eigenvalue weighted by atomic mass is 10.2. The molecule has 2 atom stereocenters. The third-order valence-corrected chi connectivity index (χ3v) is 3.77. The number of carbonyl (C=O) groups is 1. The first-order chi connectivity index (χ1) is 9.38. The summed E-state index contributed by atoms with van der Waals surface area (Å²) in [6, 6.07) is 0.779. The first-order valence-electron chi connectivity index (χ1n) is 8.12. The topological polar surface area (TPSA) is 44.4 Å². The van der Waals surface area contributed by atoms with E-state index in [4.69, 9.17) is 0 Å². The lowest BCUT2D eigenvalue weighted by Gasteiger charge is -2.21. The zero-order valence-corrected chi connectivity index (χ0v) is 14.3. The Hall–Kier alpha value is -0.610. The van der Waals surface area contributed by atoms with E-state index in [9.17, 15) is 4.79 Å². The molecule has 120 valence electrons. The molecule has 0 aromatic carbocycles. The van der Waals surface area contributed by atoms with E-state index < -0.39 is 0 Å². The molecule has 0 spiro atoms. The van der Waals surface area contributed by atoms with Crippen LogP contribution in [-0.2, 0) is 4.79 Å². The largest absolute Gasteiger partial charge is 0.352 e. The molecule has 0 saturated heterocycles. The molecule has 1 amide bonds. The van der Waals surface area contributed by atoms with Crippen LogP contribution < -0.4 is 10.6 Å². The van der Waals surface area contributed by atoms with Crippen molar-refractivity contribution in [1.82, 2.24) is 15.5 Å². The van der Waals surface area contributed by atoms with E-state index in [0.29, 0.717) is 6.04 Å². The Morgan fingerprint density at radius 2 is 1.80 bits per heavy atom. The van der Waals surface area contributed by atoms with E-state index >= 15 is 0 Å². The Morgan fingerprint density at radius 1 is 1.15 bits per heavy atom. The number of hydrogen-bond acceptors (Lipinski definition) is 3. The first kappa shape index (κ1) is 19.4. The van der Waals surface area contributed by atoms with Gasteiger partial charge >= 0.3 is 0 Å². The maximum atomic E-state index is 11.9. The van der Waals surface area contributed by atoms with Crippen LogP contribution in [0, 0.1) is 0 Å². The van der Waals surface area contributed by atoms with Gasteiger partial charge in [0.15, 0.2) is 0 Å². The lowest BCUT2D eigenvalue weighted by Crippen LogP contribution is -2.45. The molecule has 0 aromatic rings. The van der Waals surface area contributed by atoms with Crippen molar-refractivity contribution in [3.05, 3.63) is 0 Å². The van der Waals surface area contributed by atoms with Gasteiger partial charge in [0.1, 0.15) is 0 Å². The van der Waals surface area contributed by atoms with Gasteiger partial charge in [0.2, 0.25) is 5.91 Å².